The fourth-order valence-corrected chi connectivity index (χ4v) is 3.21. The summed E-state index contributed by atoms with van der Waals surface area (Å²) in [7, 11) is 0. The van der Waals surface area contributed by atoms with E-state index in [0.717, 1.165) is 17.5 Å². The molecular weight excluding hydrogens is 398 g/mol. The van der Waals surface area contributed by atoms with Crippen molar-refractivity contribution in [3.8, 4) is 5.75 Å². The van der Waals surface area contributed by atoms with E-state index in [9.17, 15) is 14.4 Å². The maximum Gasteiger partial charge on any atom is 0.408 e. The molecule has 0 aliphatic heterocycles. The van der Waals surface area contributed by atoms with E-state index in [1.165, 1.54) is 6.07 Å². The number of fused-ring (bicyclic) bond motifs is 1. The molecule has 31 heavy (non-hydrogen) atoms. The number of hydrogen-bond acceptors (Lipinski definition) is 6. The molecule has 2 rings (SSSR count). The van der Waals surface area contributed by atoms with Gasteiger partial charge in [0.2, 0.25) is 0 Å². The van der Waals surface area contributed by atoms with Crippen LogP contribution in [0.25, 0.3) is 11.0 Å². The van der Waals surface area contributed by atoms with Gasteiger partial charge in [-0.2, -0.15) is 0 Å². The molecule has 1 atom stereocenters. The second kappa shape index (κ2) is 9.98. The number of rotatable bonds is 7. The van der Waals surface area contributed by atoms with Crippen molar-refractivity contribution in [2.24, 2.45) is 5.92 Å². The highest BCUT2D eigenvalue weighted by Gasteiger charge is 2.27. The van der Waals surface area contributed by atoms with Crippen LogP contribution >= 0.6 is 0 Å². The van der Waals surface area contributed by atoms with Crippen LogP contribution < -0.4 is 15.7 Å². The number of nitrogens with one attached hydrogen (secondary N) is 1. The fourth-order valence-electron chi connectivity index (χ4n) is 3.21. The quantitative estimate of drug-likeness (QED) is 0.381. The molecule has 7 nitrogen and oxygen atoms in total. The monoisotopic (exact) mass is 431 g/mol. The van der Waals surface area contributed by atoms with E-state index in [0.29, 0.717) is 35.5 Å². The Morgan fingerprint density at radius 3 is 2.39 bits per heavy atom. The van der Waals surface area contributed by atoms with Crippen molar-refractivity contribution in [1.82, 2.24) is 5.32 Å². The molecule has 0 aliphatic rings. The van der Waals surface area contributed by atoms with Gasteiger partial charge in [0.15, 0.2) is 0 Å². The summed E-state index contributed by atoms with van der Waals surface area (Å²) in [5, 5.41) is 3.22. The first-order valence-corrected chi connectivity index (χ1v) is 10.7. The molecule has 170 valence electrons. The number of esters is 1. The molecule has 0 saturated heterocycles. The average molecular weight is 432 g/mol. The van der Waals surface area contributed by atoms with E-state index in [2.05, 4.69) is 5.32 Å². The molecule has 1 amide bonds. The van der Waals surface area contributed by atoms with Crippen molar-refractivity contribution >= 4 is 23.0 Å². The number of benzene rings is 1. The first-order valence-electron chi connectivity index (χ1n) is 10.7. The van der Waals surface area contributed by atoms with E-state index in [1.54, 1.807) is 32.9 Å². The van der Waals surface area contributed by atoms with E-state index in [1.807, 2.05) is 27.7 Å². The molecule has 1 heterocycles. The van der Waals surface area contributed by atoms with Gasteiger partial charge in [0, 0.05) is 6.07 Å². The first kappa shape index (κ1) is 24.4. The maximum absolute atomic E-state index is 13.1. The van der Waals surface area contributed by atoms with Crippen molar-refractivity contribution < 1.29 is 23.5 Å². The summed E-state index contributed by atoms with van der Waals surface area (Å²) in [6.07, 6.45) is 1.03. The molecule has 0 bridgehead atoms. The van der Waals surface area contributed by atoms with E-state index >= 15 is 0 Å². The third-order valence-corrected chi connectivity index (χ3v) is 4.63. The Bertz CT molecular complexity index is 1000. The molecule has 0 fully saturated rings. The summed E-state index contributed by atoms with van der Waals surface area (Å²) in [5.74, 6) is 0.0595. The topological polar surface area (TPSA) is 94.8 Å². The lowest BCUT2D eigenvalue weighted by Gasteiger charge is -2.23. The Labute approximate surface area is 183 Å². The van der Waals surface area contributed by atoms with Crippen LogP contribution in [-0.2, 0) is 16.0 Å². The Kier molecular flexibility index (Phi) is 7.87. The second-order valence-corrected chi connectivity index (χ2v) is 9.17. The molecule has 0 saturated carbocycles. The molecule has 2 aromatic rings. The van der Waals surface area contributed by atoms with Gasteiger partial charge in [-0.25, -0.2) is 14.4 Å². The van der Waals surface area contributed by atoms with Gasteiger partial charge in [0.1, 0.15) is 23.0 Å². The number of carbonyl (C=O) groups excluding carboxylic acids is 2. The maximum atomic E-state index is 13.1. The van der Waals surface area contributed by atoms with Gasteiger partial charge >= 0.3 is 17.7 Å². The molecule has 0 radical (unpaired) electrons. The summed E-state index contributed by atoms with van der Waals surface area (Å²) >= 11 is 0. The second-order valence-electron chi connectivity index (χ2n) is 9.17. The largest absolute Gasteiger partial charge is 0.444 e. The number of amides is 1. The Morgan fingerprint density at radius 1 is 1.13 bits per heavy atom. The number of aryl methyl sites for hydroxylation is 2. The van der Waals surface area contributed by atoms with Crippen LogP contribution in [-0.4, -0.2) is 23.7 Å². The summed E-state index contributed by atoms with van der Waals surface area (Å²) in [6.45, 7) is 13.1. The normalized spacial score (nSPS) is 12.6. The van der Waals surface area contributed by atoms with Crippen molar-refractivity contribution in [3.05, 3.63) is 39.7 Å². The predicted molar refractivity (Wildman–Crippen MR) is 119 cm³/mol. The van der Waals surface area contributed by atoms with Crippen molar-refractivity contribution in [2.45, 2.75) is 79.4 Å². The summed E-state index contributed by atoms with van der Waals surface area (Å²) in [4.78, 5) is 37.2. The molecular formula is C24H33NO6. The number of alkyl carbamates (subject to hydrolysis) is 1. The smallest absolute Gasteiger partial charge is 0.408 e. The Morgan fingerprint density at radius 2 is 1.81 bits per heavy atom. The highest BCUT2D eigenvalue weighted by atomic mass is 16.6. The molecule has 1 N–H and O–H groups in total. The highest BCUT2D eigenvalue weighted by molar-refractivity contribution is 5.91. The van der Waals surface area contributed by atoms with Crippen LogP contribution in [0.2, 0.25) is 0 Å². The van der Waals surface area contributed by atoms with Gasteiger partial charge in [-0.15, -0.1) is 0 Å². The Balaban J connectivity index is 2.36. The van der Waals surface area contributed by atoms with Gasteiger partial charge in [0.05, 0.1) is 5.39 Å². The van der Waals surface area contributed by atoms with Crippen LogP contribution in [0.15, 0.2) is 27.4 Å². The van der Waals surface area contributed by atoms with Gasteiger partial charge in [-0.1, -0.05) is 20.8 Å². The van der Waals surface area contributed by atoms with Gasteiger partial charge < -0.3 is 19.2 Å². The van der Waals surface area contributed by atoms with Crippen LogP contribution in [0.5, 0.6) is 5.75 Å². The number of hydrogen-bond donors (Lipinski definition) is 1. The summed E-state index contributed by atoms with van der Waals surface area (Å²) in [6, 6.07) is 4.01. The lowest BCUT2D eigenvalue weighted by molar-refractivity contribution is -0.137. The third-order valence-electron chi connectivity index (χ3n) is 4.63. The zero-order valence-corrected chi connectivity index (χ0v) is 19.5. The fraction of sp³-hybridized carbons (Fsp3) is 0.542. The lowest BCUT2D eigenvalue weighted by Crippen LogP contribution is -2.45. The first-order chi connectivity index (χ1) is 14.4. The summed E-state index contributed by atoms with van der Waals surface area (Å²) in [5.41, 5.74) is 0.745. The average Bonchev–Trinajstić information content (AvgIpc) is 2.61. The zero-order chi connectivity index (χ0) is 23.3. The molecule has 0 aliphatic carbocycles. The summed E-state index contributed by atoms with van der Waals surface area (Å²) < 4.78 is 16.4. The van der Waals surface area contributed by atoms with Gasteiger partial charge in [-0.3, -0.25) is 0 Å². The predicted octanol–water partition coefficient (Wildman–Crippen LogP) is 4.90. The van der Waals surface area contributed by atoms with E-state index in [-0.39, 0.29) is 0 Å². The van der Waals surface area contributed by atoms with Crippen LogP contribution in [0, 0.1) is 12.8 Å². The minimum Gasteiger partial charge on any atom is -0.444 e. The van der Waals surface area contributed by atoms with Crippen LogP contribution in [0.3, 0.4) is 0 Å². The standard InChI is InChI=1S/C24H33NO6/c1-8-16-13-20(26)29-18-11-15(4)12-19(21(16)18)30-22(27)17(10-9-14(2)3)25-23(28)31-24(5,6)7/h11-14,17H,8-10H2,1-7H3,(H,25,28). The lowest BCUT2D eigenvalue weighted by atomic mass is 10.0. The minimum absolute atomic E-state index is 0.307. The van der Waals surface area contributed by atoms with Crippen molar-refractivity contribution in [3.63, 3.8) is 0 Å². The zero-order valence-electron chi connectivity index (χ0n) is 19.5. The van der Waals surface area contributed by atoms with E-state index < -0.39 is 29.3 Å². The Hall–Kier alpha value is -2.83. The van der Waals surface area contributed by atoms with Gasteiger partial charge in [-0.05, 0) is 76.1 Å². The number of carbonyl (C=O) groups is 2. The molecule has 7 heteroatoms. The molecule has 1 aromatic heterocycles. The molecule has 1 unspecified atom stereocenters. The minimum atomic E-state index is -0.867. The van der Waals surface area contributed by atoms with Crippen molar-refractivity contribution in [1.29, 1.82) is 0 Å². The SMILES string of the molecule is CCc1cc(=O)oc2cc(C)cc(OC(=O)C(CCC(C)C)NC(=O)OC(C)(C)C)c12. The van der Waals surface area contributed by atoms with Crippen LogP contribution in [0.4, 0.5) is 4.79 Å². The van der Waals surface area contributed by atoms with E-state index in [4.69, 9.17) is 13.9 Å². The molecule has 0 spiro atoms. The van der Waals surface area contributed by atoms with Gasteiger partial charge in [0.25, 0.3) is 0 Å². The van der Waals surface area contributed by atoms with Crippen LogP contribution in [0.1, 0.15) is 65.5 Å². The van der Waals surface area contributed by atoms with Crippen molar-refractivity contribution in [2.75, 3.05) is 0 Å². The molecule has 1 aromatic carbocycles. The number of ether oxygens (including phenoxy) is 2. The highest BCUT2D eigenvalue weighted by Crippen LogP contribution is 2.30. The third kappa shape index (κ3) is 7.12.